The van der Waals surface area contributed by atoms with Gasteiger partial charge in [0, 0.05) is 24.3 Å². The summed E-state index contributed by atoms with van der Waals surface area (Å²) >= 11 is 6.19. The molecule has 0 aliphatic carbocycles. The van der Waals surface area contributed by atoms with Crippen molar-refractivity contribution in [2.24, 2.45) is 0 Å². The van der Waals surface area contributed by atoms with Crippen molar-refractivity contribution >= 4 is 17.3 Å². The Hall–Kier alpha value is -1.67. The van der Waals surface area contributed by atoms with Gasteiger partial charge in [-0.2, -0.15) is 0 Å². The lowest BCUT2D eigenvalue weighted by Crippen LogP contribution is -2.18. The molecule has 0 aliphatic heterocycles. The number of hydrogen-bond donors (Lipinski definition) is 1. The van der Waals surface area contributed by atoms with E-state index in [1.807, 2.05) is 13.1 Å². The van der Waals surface area contributed by atoms with Crippen LogP contribution in [0.15, 0.2) is 42.5 Å². The lowest BCUT2D eigenvalue weighted by atomic mass is 10.0. The van der Waals surface area contributed by atoms with Crippen LogP contribution in [0.2, 0.25) is 5.02 Å². The van der Waals surface area contributed by atoms with Gasteiger partial charge in [-0.05, 0) is 41.3 Å². The van der Waals surface area contributed by atoms with Crippen LogP contribution in [0.4, 0.5) is 5.69 Å². The molecule has 2 nitrogen and oxygen atoms in total. The summed E-state index contributed by atoms with van der Waals surface area (Å²) in [5.74, 6) is 0.711. The third kappa shape index (κ3) is 3.26. The van der Waals surface area contributed by atoms with Gasteiger partial charge in [0.15, 0.2) is 0 Å². The van der Waals surface area contributed by atoms with Crippen molar-refractivity contribution in [3.63, 3.8) is 0 Å². The van der Waals surface area contributed by atoms with Crippen LogP contribution < -0.4 is 4.90 Å². The fourth-order valence-electron chi connectivity index (χ4n) is 2.35. The van der Waals surface area contributed by atoms with Crippen molar-refractivity contribution in [1.29, 1.82) is 0 Å². The fraction of sp³-hybridized carbons (Fsp3) is 0.294. The van der Waals surface area contributed by atoms with Crippen LogP contribution in [0.25, 0.3) is 0 Å². The smallest absolute Gasteiger partial charge is 0.116 e. The van der Waals surface area contributed by atoms with Crippen LogP contribution in [-0.4, -0.2) is 12.2 Å². The third-order valence-corrected chi connectivity index (χ3v) is 3.78. The van der Waals surface area contributed by atoms with Crippen LogP contribution in [0, 0.1) is 0 Å². The van der Waals surface area contributed by atoms with Crippen LogP contribution in [-0.2, 0) is 6.54 Å². The number of anilines is 1. The Labute approximate surface area is 125 Å². The fourth-order valence-corrected chi connectivity index (χ4v) is 2.52. The molecule has 1 N–H and O–H groups in total. The van der Waals surface area contributed by atoms with Gasteiger partial charge < -0.3 is 10.0 Å². The van der Waals surface area contributed by atoms with E-state index in [4.69, 9.17) is 11.6 Å². The first-order valence-corrected chi connectivity index (χ1v) is 7.14. The number of benzene rings is 2. The summed E-state index contributed by atoms with van der Waals surface area (Å²) < 4.78 is 0. The van der Waals surface area contributed by atoms with Crippen molar-refractivity contribution in [1.82, 2.24) is 0 Å². The zero-order valence-corrected chi connectivity index (χ0v) is 12.9. The molecule has 0 atom stereocenters. The molecule has 2 aromatic rings. The van der Waals surface area contributed by atoms with E-state index in [1.54, 1.807) is 18.2 Å². The Morgan fingerprint density at radius 2 is 1.85 bits per heavy atom. The Morgan fingerprint density at radius 3 is 2.55 bits per heavy atom. The lowest BCUT2D eigenvalue weighted by molar-refractivity contribution is 0.474. The molecule has 0 aromatic heterocycles. The molecule has 0 amide bonds. The summed E-state index contributed by atoms with van der Waals surface area (Å²) in [6, 6.07) is 13.4. The molecule has 0 spiro atoms. The number of phenols is 1. The topological polar surface area (TPSA) is 23.5 Å². The first kappa shape index (κ1) is 14.7. The highest BCUT2D eigenvalue weighted by Gasteiger charge is 2.11. The summed E-state index contributed by atoms with van der Waals surface area (Å²) in [5.41, 5.74) is 3.43. The van der Waals surface area contributed by atoms with Gasteiger partial charge in [-0.1, -0.05) is 43.6 Å². The minimum atomic E-state index is 0.245. The lowest BCUT2D eigenvalue weighted by Gasteiger charge is -2.24. The van der Waals surface area contributed by atoms with Gasteiger partial charge in [-0.3, -0.25) is 0 Å². The number of rotatable bonds is 4. The van der Waals surface area contributed by atoms with Gasteiger partial charge >= 0.3 is 0 Å². The van der Waals surface area contributed by atoms with Crippen molar-refractivity contribution in [2.75, 3.05) is 11.9 Å². The van der Waals surface area contributed by atoms with E-state index in [-0.39, 0.29) is 5.75 Å². The molecular weight excluding hydrogens is 270 g/mol. The van der Waals surface area contributed by atoms with E-state index in [2.05, 4.69) is 36.9 Å². The van der Waals surface area contributed by atoms with Crippen LogP contribution in [0.3, 0.4) is 0 Å². The number of halogens is 1. The maximum absolute atomic E-state index is 9.59. The molecule has 0 heterocycles. The molecule has 0 radical (unpaired) electrons. The van der Waals surface area contributed by atoms with Gasteiger partial charge in [0.1, 0.15) is 5.75 Å². The molecule has 0 saturated carbocycles. The van der Waals surface area contributed by atoms with Gasteiger partial charge in [0.25, 0.3) is 0 Å². The zero-order valence-electron chi connectivity index (χ0n) is 12.1. The second kappa shape index (κ2) is 6.19. The first-order valence-electron chi connectivity index (χ1n) is 6.76. The van der Waals surface area contributed by atoms with E-state index >= 15 is 0 Å². The second-order valence-corrected chi connectivity index (χ2v) is 5.75. The van der Waals surface area contributed by atoms with Crippen molar-refractivity contribution in [3.8, 4) is 5.75 Å². The minimum Gasteiger partial charge on any atom is -0.508 e. The number of hydrogen-bond acceptors (Lipinski definition) is 2. The number of nitrogens with zero attached hydrogens (tertiary/aromatic N) is 1. The molecule has 0 unspecified atom stereocenters. The van der Waals surface area contributed by atoms with E-state index in [0.29, 0.717) is 17.5 Å². The van der Waals surface area contributed by atoms with Gasteiger partial charge in [0.2, 0.25) is 0 Å². The average Bonchev–Trinajstić information content (AvgIpc) is 2.42. The Kier molecular flexibility index (Phi) is 4.56. The summed E-state index contributed by atoms with van der Waals surface area (Å²) in [5, 5.41) is 10.3. The Morgan fingerprint density at radius 1 is 1.15 bits per heavy atom. The first-order chi connectivity index (χ1) is 9.49. The third-order valence-electron chi connectivity index (χ3n) is 3.41. The largest absolute Gasteiger partial charge is 0.508 e. The van der Waals surface area contributed by atoms with Crippen LogP contribution in [0.1, 0.15) is 30.9 Å². The molecule has 0 saturated heterocycles. The number of para-hydroxylation sites is 1. The SMILES string of the molecule is CC(C)c1ccccc1N(C)Cc1cc(O)ccc1Cl. The predicted molar refractivity (Wildman–Crippen MR) is 85.8 cm³/mol. The normalized spacial score (nSPS) is 10.8. The quantitative estimate of drug-likeness (QED) is 0.873. The molecule has 0 aliphatic rings. The molecule has 20 heavy (non-hydrogen) atoms. The van der Waals surface area contributed by atoms with Crippen LogP contribution >= 0.6 is 11.6 Å². The number of aromatic hydroxyl groups is 1. The van der Waals surface area contributed by atoms with Gasteiger partial charge in [-0.15, -0.1) is 0 Å². The van der Waals surface area contributed by atoms with Gasteiger partial charge in [-0.25, -0.2) is 0 Å². The highest BCUT2D eigenvalue weighted by atomic mass is 35.5. The van der Waals surface area contributed by atoms with E-state index in [9.17, 15) is 5.11 Å². The van der Waals surface area contributed by atoms with Crippen molar-refractivity contribution in [3.05, 3.63) is 58.6 Å². The standard InChI is InChI=1S/C17H20ClNO/c1-12(2)15-6-4-5-7-17(15)19(3)11-13-10-14(20)8-9-16(13)18/h4-10,12,20H,11H2,1-3H3. The Bertz CT molecular complexity index is 595. The molecule has 106 valence electrons. The second-order valence-electron chi connectivity index (χ2n) is 5.35. The average molecular weight is 290 g/mol. The van der Waals surface area contributed by atoms with E-state index in [0.717, 1.165) is 5.56 Å². The maximum Gasteiger partial charge on any atom is 0.116 e. The molecular formula is C17H20ClNO. The number of phenolic OH excluding ortho intramolecular Hbond substituents is 1. The monoisotopic (exact) mass is 289 g/mol. The summed E-state index contributed by atoms with van der Waals surface area (Å²) in [4.78, 5) is 2.16. The summed E-state index contributed by atoms with van der Waals surface area (Å²) in [6.45, 7) is 5.04. The van der Waals surface area contributed by atoms with E-state index in [1.165, 1.54) is 11.3 Å². The summed E-state index contributed by atoms with van der Waals surface area (Å²) in [7, 11) is 2.04. The van der Waals surface area contributed by atoms with Crippen molar-refractivity contribution < 1.29 is 5.11 Å². The molecule has 2 aromatic carbocycles. The summed E-state index contributed by atoms with van der Waals surface area (Å²) in [6.07, 6.45) is 0. The zero-order chi connectivity index (χ0) is 14.7. The highest BCUT2D eigenvalue weighted by Crippen LogP contribution is 2.29. The van der Waals surface area contributed by atoms with Gasteiger partial charge in [0.05, 0.1) is 0 Å². The molecule has 0 fully saturated rings. The van der Waals surface area contributed by atoms with E-state index < -0.39 is 0 Å². The minimum absolute atomic E-state index is 0.245. The van der Waals surface area contributed by atoms with Crippen molar-refractivity contribution in [2.45, 2.75) is 26.3 Å². The molecule has 2 rings (SSSR count). The Balaban J connectivity index is 2.28. The predicted octanol–water partition coefficient (Wildman–Crippen LogP) is 4.81. The van der Waals surface area contributed by atoms with Crippen LogP contribution in [0.5, 0.6) is 5.75 Å². The molecule has 0 bridgehead atoms. The molecule has 3 heteroatoms. The highest BCUT2D eigenvalue weighted by molar-refractivity contribution is 6.31. The maximum atomic E-state index is 9.59.